The SMILES string of the molecule is c1ccc(-c2ccccc2N(c2cc(N(c3ccccc3)c3ccccc3)cc(N(c3ccccc3)c3ccccc3)c2)c2ccc3c(c2)C(c2ccccc2)(c2ccccc2)c2cccc(-c4ccccc4)c2-3)cc1. The zero-order valence-electron chi connectivity index (χ0n) is 41.9. The largest absolute Gasteiger partial charge is 0.310 e. The van der Waals surface area contributed by atoms with Crippen LogP contribution in [0.2, 0.25) is 0 Å². The van der Waals surface area contributed by atoms with Crippen molar-refractivity contribution < 1.29 is 0 Å². The molecule has 12 aromatic carbocycles. The minimum absolute atomic E-state index is 0.666. The summed E-state index contributed by atoms with van der Waals surface area (Å²) in [7, 11) is 0. The van der Waals surface area contributed by atoms with Gasteiger partial charge in [0.05, 0.1) is 28.2 Å². The molecule has 3 heteroatoms. The third-order valence-corrected chi connectivity index (χ3v) is 14.9. The van der Waals surface area contributed by atoms with Crippen LogP contribution in [0.25, 0.3) is 33.4 Å². The molecule has 1 aliphatic carbocycles. The molecule has 1 aliphatic rings. The first-order valence-electron chi connectivity index (χ1n) is 26.1. The van der Waals surface area contributed by atoms with Crippen LogP contribution in [0.3, 0.4) is 0 Å². The summed E-state index contributed by atoms with van der Waals surface area (Å²) >= 11 is 0. The van der Waals surface area contributed by atoms with E-state index in [1.807, 2.05) is 0 Å². The Morgan fingerprint density at radius 3 is 1.04 bits per heavy atom. The molecule has 0 saturated carbocycles. The van der Waals surface area contributed by atoms with Crippen molar-refractivity contribution in [2.75, 3.05) is 14.7 Å². The van der Waals surface area contributed by atoms with Gasteiger partial charge in [-0.25, -0.2) is 0 Å². The van der Waals surface area contributed by atoms with E-state index < -0.39 is 5.41 Å². The van der Waals surface area contributed by atoms with Gasteiger partial charge >= 0.3 is 0 Å². The lowest BCUT2D eigenvalue weighted by Gasteiger charge is -2.36. The van der Waals surface area contributed by atoms with Crippen molar-refractivity contribution in [2.45, 2.75) is 5.41 Å². The van der Waals surface area contributed by atoms with Gasteiger partial charge < -0.3 is 14.7 Å². The van der Waals surface area contributed by atoms with Gasteiger partial charge in [0.25, 0.3) is 0 Å². The second-order valence-corrected chi connectivity index (χ2v) is 19.2. The molecular weight excluding hydrogens is 919 g/mol. The van der Waals surface area contributed by atoms with Crippen LogP contribution in [-0.4, -0.2) is 0 Å². The van der Waals surface area contributed by atoms with Gasteiger partial charge in [0.1, 0.15) is 0 Å². The van der Waals surface area contributed by atoms with Crippen LogP contribution in [-0.2, 0) is 5.41 Å². The average Bonchev–Trinajstić information content (AvgIpc) is 3.91. The summed E-state index contributed by atoms with van der Waals surface area (Å²) < 4.78 is 0. The number of para-hydroxylation sites is 5. The molecule has 0 atom stereocenters. The third-order valence-electron chi connectivity index (χ3n) is 14.9. The van der Waals surface area contributed by atoms with Crippen LogP contribution < -0.4 is 14.7 Å². The van der Waals surface area contributed by atoms with Crippen LogP contribution in [0.1, 0.15) is 22.3 Å². The number of nitrogens with zero attached hydrogens (tertiary/aromatic N) is 3. The maximum atomic E-state index is 2.50. The van der Waals surface area contributed by atoms with Crippen molar-refractivity contribution in [3.8, 4) is 33.4 Å². The Morgan fingerprint density at radius 2 is 0.579 bits per heavy atom. The van der Waals surface area contributed by atoms with Crippen molar-refractivity contribution in [3.63, 3.8) is 0 Å². The zero-order valence-corrected chi connectivity index (χ0v) is 41.9. The third kappa shape index (κ3) is 8.21. The number of anilines is 9. The van der Waals surface area contributed by atoms with E-state index in [-0.39, 0.29) is 0 Å². The minimum atomic E-state index is -0.666. The highest BCUT2D eigenvalue weighted by atomic mass is 15.2. The molecule has 76 heavy (non-hydrogen) atoms. The molecule has 360 valence electrons. The van der Waals surface area contributed by atoms with Crippen LogP contribution in [0.5, 0.6) is 0 Å². The van der Waals surface area contributed by atoms with Crippen LogP contribution >= 0.6 is 0 Å². The summed E-state index contributed by atoms with van der Waals surface area (Å²) in [4.78, 5) is 7.26. The fraction of sp³-hybridized carbons (Fsp3) is 0.0137. The Balaban J connectivity index is 1.14. The first kappa shape index (κ1) is 45.9. The monoisotopic (exact) mass is 971 g/mol. The summed E-state index contributed by atoms with van der Waals surface area (Å²) in [5.41, 5.74) is 20.7. The van der Waals surface area contributed by atoms with Gasteiger partial charge in [0.2, 0.25) is 0 Å². The number of hydrogen-bond donors (Lipinski definition) is 0. The molecule has 0 fully saturated rings. The summed E-state index contributed by atoms with van der Waals surface area (Å²) in [6.45, 7) is 0. The van der Waals surface area contributed by atoms with Gasteiger partial charge in [-0.15, -0.1) is 0 Å². The highest BCUT2D eigenvalue weighted by molar-refractivity contribution is 5.99. The summed E-state index contributed by atoms with van der Waals surface area (Å²) in [6.07, 6.45) is 0. The van der Waals surface area contributed by atoms with Crippen LogP contribution in [0.15, 0.2) is 322 Å². The van der Waals surface area contributed by atoms with E-state index in [1.165, 1.54) is 44.5 Å². The van der Waals surface area contributed by atoms with Crippen LogP contribution in [0.4, 0.5) is 51.2 Å². The van der Waals surface area contributed by atoms with Gasteiger partial charge in [-0.3, -0.25) is 0 Å². The molecule has 0 aliphatic heterocycles. The predicted octanol–water partition coefficient (Wildman–Crippen LogP) is 19.8. The van der Waals surface area contributed by atoms with Gasteiger partial charge in [-0.2, -0.15) is 0 Å². The smallest absolute Gasteiger partial charge is 0.0714 e. The Morgan fingerprint density at radius 1 is 0.211 bits per heavy atom. The highest BCUT2D eigenvalue weighted by Gasteiger charge is 2.47. The second kappa shape index (κ2) is 20.2. The highest BCUT2D eigenvalue weighted by Crippen LogP contribution is 2.60. The first-order valence-corrected chi connectivity index (χ1v) is 26.1. The number of fused-ring (bicyclic) bond motifs is 3. The quantitative estimate of drug-likeness (QED) is 0.114. The molecule has 0 aromatic heterocycles. The topological polar surface area (TPSA) is 9.72 Å². The fourth-order valence-corrected chi connectivity index (χ4v) is 11.7. The van der Waals surface area contributed by atoms with E-state index >= 15 is 0 Å². The molecule has 0 radical (unpaired) electrons. The van der Waals surface area contributed by atoms with E-state index in [0.717, 1.165) is 62.3 Å². The number of benzene rings is 12. The van der Waals surface area contributed by atoms with Gasteiger partial charge in [0, 0.05) is 34.0 Å². The van der Waals surface area contributed by atoms with Gasteiger partial charge in [-0.1, -0.05) is 237 Å². The molecular formula is C73H53N3. The van der Waals surface area contributed by atoms with E-state index in [2.05, 4.69) is 336 Å². The van der Waals surface area contributed by atoms with Crippen molar-refractivity contribution in [2.24, 2.45) is 0 Å². The summed E-state index contributed by atoms with van der Waals surface area (Å²) in [5, 5.41) is 0. The fourth-order valence-electron chi connectivity index (χ4n) is 11.7. The average molecular weight is 972 g/mol. The normalized spacial score (nSPS) is 12.1. The molecule has 0 spiro atoms. The zero-order chi connectivity index (χ0) is 50.7. The molecule has 0 unspecified atom stereocenters. The summed E-state index contributed by atoms with van der Waals surface area (Å²) in [6, 6.07) is 117. The van der Waals surface area contributed by atoms with E-state index in [9.17, 15) is 0 Å². The molecule has 13 rings (SSSR count). The Hall–Kier alpha value is -9.96. The standard InChI is InChI=1S/C73H53N3/c1-9-28-54(29-10-1)66-44-25-26-47-71(66)76(62-48-49-68-70(53-62)73(56-32-13-3-14-33-56,57-34-15-4-16-35-57)69-46-27-45-67(72(68)69)55-30-11-2-12-31-55)65-51-63(74(58-36-17-5-18-37-58)59-38-19-6-20-39-59)50-64(52-65)75(60-40-21-7-22-41-60)61-42-23-8-24-43-61/h1-53H. The molecule has 3 nitrogen and oxygen atoms in total. The molecule has 0 amide bonds. The molecule has 0 bridgehead atoms. The van der Waals surface area contributed by atoms with E-state index in [1.54, 1.807) is 0 Å². The lowest BCUT2D eigenvalue weighted by atomic mass is 9.67. The van der Waals surface area contributed by atoms with Crippen molar-refractivity contribution in [1.29, 1.82) is 0 Å². The Kier molecular flexibility index (Phi) is 12.2. The second-order valence-electron chi connectivity index (χ2n) is 19.2. The van der Waals surface area contributed by atoms with Crippen molar-refractivity contribution in [3.05, 3.63) is 344 Å². The summed E-state index contributed by atoms with van der Waals surface area (Å²) in [5.74, 6) is 0. The van der Waals surface area contributed by atoms with Crippen LogP contribution in [0, 0.1) is 0 Å². The van der Waals surface area contributed by atoms with E-state index in [0.29, 0.717) is 0 Å². The first-order chi connectivity index (χ1) is 37.7. The Bertz CT molecular complexity index is 3690. The molecule has 0 heterocycles. The van der Waals surface area contributed by atoms with Crippen molar-refractivity contribution in [1.82, 2.24) is 0 Å². The van der Waals surface area contributed by atoms with Gasteiger partial charge in [-0.05, 0) is 135 Å². The predicted molar refractivity (Wildman–Crippen MR) is 319 cm³/mol. The Labute approximate surface area is 446 Å². The minimum Gasteiger partial charge on any atom is -0.310 e. The van der Waals surface area contributed by atoms with Gasteiger partial charge in [0.15, 0.2) is 0 Å². The number of hydrogen-bond acceptors (Lipinski definition) is 3. The maximum absolute atomic E-state index is 2.50. The molecule has 0 saturated heterocycles. The maximum Gasteiger partial charge on any atom is 0.0714 e. The molecule has 12 aromatic rings. The molecule has 0 N–H and O–H groups in total. The van der Waals surface area contributed by atoms with Crippen molar-refractivity contribution >= 4 is 51.2 Å². The lowest BCUT2D eigenvalue weighted by molar-refractivity contribution is 0.768. The van der Waals surface area contributed by atoms with E-state index in [4.69, 9.17) is 0 Å². The lowest BCUT2D eigenvalue weighted by Crippen LogP contribution is -2.28. The number of rotatable bonds is 13.